The molecule has 2 aromatic carbocycles. The van der Waals surface area contributed by atoms with Gasteiger partial charge >= 0.3 is 0 Å². The second kappa shape index (κ2) is 6.95. The third-order valence-corrected chi connectivity index (χ3v) is 4.02. The number of alkyl halides is 2. The van der Waals surface area contributed by atoms with E-state index in [0.717, 1.165) is 11.1 Å². The van der Waals surface area contributed by atoms with Crippen molar-refractivity contribution in [3.05, 3.63) is 58.6 Å². The second-order valence-electron chi connectivity index (χ2n) is 4.31. The Kier molecular flexibility index (Phi) is 5.26. The number of rotatable bonds is 5. The molecule has 2 rings (SSSR count). The van der Waals surface area contributed by atoms with Gasteiger partial charge in [0.15, 0.2) is 0 Å². The van der Waals surface area contributed by atoms with Crippen LogP contribution >= 0.6 is 23.4 Å². The zero-order chi connectivity index (χ0) is 14.5. The molecule has 0 bridgehead atoms. The molecule has 0 aliphatic heterocycles. The highest BCUT2D eigenvalue weighted by atomic mass is 35.5. The Bertz CT molecular complexity index is 590. The number of hydrogen-bond acceptors (Lipinski definition) is 2. The largest absolute Gasteiger partial charge is 0.380 e. The summed E-state index contributed by atoms with van der Waals surface area (Å²) >= 11 is 6.61. The molecule has 2 aromatic rings. The van der Waals surface area contributed by atoms with Crippen molar-refractivity contribution < 1.29 is 8.78 Å². The molecule has 0 heterocycles. The van der Waals surface area contributed by atoms with Crippen LogP contribution in [0.15, 0.2) is 47.4 Å². The van der Waals surface area contributed by atoms with Gasteiger partial charge < -0.3 is 5.32 Å². The van der Waals surface area contributed by atoms with Crippen LogP contribution in [0.3, 0.4) is 0 Å². The number of anilines is 1. The highest BCUT2D eigenvalue weighted by Crippen LogP contribution is 2.32. The third-order valence-electron chi connectivity index (χ3n) is 2.82. The zero-order valence-corrected chi connectivity index (χ0v) is 12.4. The van der Waals surface area contributed by atoms with Crippen LogP contribution in [0.5, 0.6) is 0 Å². The molecular formula is C15H14ClF2NS. The summed E-state index contributed by atoms with van der Waals surface area (Å²) in [6, 6.07) is 12.8. The summed E-state index contributed by atoms with van der Waals surface area (Å²) in [4.78, 5) is 0.542. The Morgan fingerprint density at radius 1 is 1.20 bits per heavy atom. The Morgan fingerprint density at radius 2 is 1.95 bits per heavy atom. The molecule has 0 saturated carbocycles. The average molecular weight is 314 g/mol. The fourth-order valence-corrected chi connectivity index (χ4v) is 2.57. The van der Waals surface area contributed by atoms with Gasteiger partial charge in [-0.25, -0.2) is 0 Å². The molecule has 1 N–H and O–H groups in total. The zero-order valence-electron chi connectivity index (χ0n) is 10.9. The van der Waals surface area contributed by atoms with Crippen molar-refractivity contribution in [3.8, 4) is 0 Å². The summed E-state index contributed by atoms with van der Waals surface area (Å²) in [5.74, 6) is -2.42. The second-order valence-corrected chi connectivity index (χ2v) is 5.75. The van der Waals surface area contributed by atoms with Crippen LogP contribution in [0.1, 0.15) is 11.1 Å². The first-order chi connectivity index (χ1) is 9.56. The number of thioether (sulfide) groups is 1. The van der Waals surface area contributed by atoms with Crippen LogP contribution < -0.4 is 5.32 Å². The predicted octanol–water partition coefficient (Wildman–Crippen LogP) is 5.58. The predicted molar refractivity (Wildman–Crippen MR) is 81.8 cm³/mol. The van der Waals surface area contributed by atoms with Crippen molar-refractivity contribution >= 4 is 29.1 Å². The molecule has 0 aromatic heterocycles. The van der Waals surface area contributed by atoms with E-state index in [9.17, 15) is 8.78 Å². The van der Waals surface area contributed by atoms with E-state index in [0.29, 0.717) is 33.9 Å². The maximum Gasteiger partial charge on any atom is 0.288 e. The number of aryl methyl sites for hydroxylation is 1. The van der Waals surface area contributed by atoms with Gasteiger partial charge in [-0.15, -0.1) is 0 Å². The molecule has 0 atom stereocenters. The maximum atomic E-state index is 12.5. The quantitative estimate of drug-likeness (QED) is 0.724. The molecule has 0 amide bonds. The molecule has 0 saturated heterocycles. The Balaban J connectivity index is 2.08. The van der Waals surface area contributed by atoms with E-state index in [-0.39, 0.29) is 0 Å². The van der Waals surface area contributed by atoms with E-state index < -0.39 is 5.76 Å². The minimum atomic E-state index is -2.42. The highest BCUT2D eigenvalue weighted by Gasteiger charge is 2.09. The molecule has 106 valence electrons. The molecule has 0 aliphatic carbocycles. The van der Waals surface area contributed by atoms with Gasteiger partial charge in [-0.3, -0.25) is 0 Å². The SMILES string of the molecule is Cc1ccc(CNc2ccccc2SC(F)F)cc1Cl. The summed E-state index contributed by atoms with van der Waals surface area (Å²) in [5, 5.41) is 3.88. The van der Waals surface area contributed by atoms with Crippen molar-refractivity contribution in [2.24, 2.45) is 0 Å². The summed E-state index contributed by atoms with van der Waals surface area (Å²) in [5.41, 5.74) is 2.73. The molecule has 1 nitrogen and oxygen atoms in total. The third kappa shape index (κ3) is 4.12. The molecule has 0 radical (unpaired) electrons. The molecule has 5 heteroatoms. The number of halogens is 3. The Hall–Kier alpha value is -1.26. The van der Waals surface area contributed by atoms with Crippen molar-refractivity contribution in [3.63, 3.8) is 0 Å². The van der Waals surface area contributed by atoms with E-state index in [1.807, 2.05) is 31.2 Å². The van der Waals surface area contributed by atoms with E-state index >= 15 is 0 Å². The maximum absolute atomic E-state index is 12.5. The van der Waals surface area contributed by atoms with Crippen molar-refractivity contribution in [2.75, 3.05) is 5.32 Å². The summed E-state index contributed by atoms with van der Waals surface area (Å²) in [6.07, 6.45) is 0. The first-order valence-corrected chi connectivity index (χ1v) is 7.35. The van der Waals surface area contributed by atoms with Crippen LogP contribution in [0.25, 0.3) is 0 Å². The molecule has 0 aliphatic rings. The lowest BCUT2D eigenvalue weighted by Crippen LogP contribution is -2.01. The fraction of sp³-hybridized carbons (Fsp3) is 0.200. The monoisotopic (exact) mass is 313 g/mol. The van der Waals surface area contributed by atoms with Gasteiger partial charge in [0.2, 0.25) is 0 Å². The van der Waals surface area contributed by atoms with Crippen molar-refractivity contribution in [1.82, 2.24) is 0 Å². The number of nitrogens with one attached hydrogen (secondary N) is 1. The van der Waals surface area contributed by atoms with E-state index in [2.05, 4.69) is 5.32 Å². The van der Waals surface area contributed by atoms with Gasteiger partial charge in [-0.05, 0) is 36.2 Å². The lowest BCUT2D eigenvalue weighted by Gasteiger charge is -2.12. The summed E-state index contributed by atoms with van der Waals surface area (Å²) in [7, 11) is 0. The highest BCUT2D eigenvalue weighted by molar-refractivity contribution is 7.99. The average Bonchev–Trinajstić information content (AvgIpc) is 2.41. The van der Waals surface area contributed by atoms with Gasteiger partial charge in [0.05, 0.1) is 0 Å². The fourth-order valence-electron chi connectivity index (χ4n) is 1.76. The topological polar surface area (TPSA) is 12.0 Å². The molecular weight excluding hydrogens is 300 g/mol. The van der Waals surface area contributed by atoms with Crippen LogP contribution in [-0.2, 0) is 6.54 Å². The van der Waals surface area contributed by atoms with Crippen molar-refractivity contribution in [2.45, 2.75) is 24.1 Å². The van der Waals surface area contributed by atoms with E-state index in [4.69, 9.17) is 11.6 Å². The normalized spacial score (nSPS) is 10.8. The Labute approximate surface area is 126 Å². The minimum Gasteiger partial charge on any atom is -0.380 e. The van der Waals surface area contributed by atoms with Gasteiger partial charge in [0.1, 0.15) is 0 Å². The van der Waals surface area contributed by atoms with Gasteiger partial charge in [-0.2, -0.15) is 8.78 Å². The molecule has 0 spiro atoms. The van der Waals surface area contributed by atoms with Crippen molar-refractivity contribution in [1.29, 1.82) is 0 Å². The lowest BCUT2D eigenvalue weighted by atomic mass is 10.1. The van der Waals surface area contributed by atoms with Gasteiger partial charge in [-0.1, -0.05) is 47.6 Å². The van der Waals surface area contributed by atoms with E-state index in [1.165, 1.54) is 0 Å². The summed E-state index contributed by atoms with van der Waals surface area (Å²) in [6.45, 7) is 2.48. The van der Waals surface area contributed by atoms with Gasteiger partial charge in [0, 0.05) is 22.2 Å². The number of hydrogen-bond donors (Lipinski definition) is 1. The van der Waals surface area contributed by atoms with Crippen LogP contribution in [0, 0.1) is 6.92 Å². The smallest absolute Gasteiger partial charge is 0.288 e. The van der Waals surface area contributed by atoms with Crippen LogP contribution in [-0.4, -0.2) is 5.76 Å². The molecule has 0 unspecified atom stereocenters. The van der Waals surface area contributed by atoms with Crippen LogP contribution in [0.2, 0.25) is 5.02 Å². The standard InChI is InChI=1S/C15H14ClF2NS/c1-10-6-7-11(8-12(10)16)9-19-13-4-2-3-5-14(13)20-15(17)18/h2-8,15,19H,9H2,1H3. The number of para-hydroxylation sites is 1. The number of benzene rings is 2. The molecule has 0 fully saturated rings. The first-order valence-electron chi connectivity index (χ1n) is 6.09. The van der Waals surface area contributed by atoms with Gasteiger partial charge in [0.25, 0.3) is 5.76 Å². The minimum absolute atomic E-state index is 0.542. The first kappa shape index (κ1) is 15.1. The molecule has 20 heavy (non-hydrogen) atoms. The van der Waals surface area contributed by atoms with E-state index in [1.54, 1.807) is 18.2 Å². The Morgan fingerprint density at radius 3 is 2.65 bits per heavy atom. The van der Waals surface area contributed by atoms with Crippen LogP contribution in [0.4, 0.5) is 14.5 Å². The lowest BCUT2D eigenvalue weighted by molar-refractivity contribution is 0.252. The summed E-state index contributed by atoms with van der Waals surface area (Å²) < 4.78 is 25.0.